The number of amides is 1. The molecule has 0 radical (unpaired) electrons. The van der Waals surface area contributed by atoms with Crippen LogP contribution in [0, 0.1) is 0 Å². The van der Waals surface area contributed by atoms with Crippen molar-refractivity contribution in [1.82, 2.24) is 10.2 Å². The smallest absolute Gasteiger partial charge is 0.303 e. The molecule has 0 aliphatic carbocycles. The first-order valence-corrected chi connectivity index (χ1v) is 5.93. The van der Waals surface area contributed by atoms with E-state index in [1.165, 1.54) is 0 Å². The fraction of sp³-hybridized carbons (Fsp3) is 0.500. The number of nitrogens with zero attached hydrogens (tertiary/aromatic N) is 1. The van der Waals surface area contributed by atoms with Gasteiger partial charge in [0.2, 0.25) is 5.91 Å². The largest absolute Gasteiger partial charge is 0.481 e. The third-order valence-electron chi connectivity index (χ3n) is 3.01. The van der Waals surface area contributed by atoms with Crippen molar-refractivity contribution in [1.29, 1.82) is 0 Å². The molecule has 1 amide bonds. The lowest BCUT2D eigenvalue weighted by atomic mass is 10.1. The van der Waals surface area contributed by atoms with Crippen LogP contribution in [-0.4, -0.2) is 41.0 Å². The van der Waals surface area contributed by atoms with E-state index < -0.39 is 5.97 Å². The minimum absolute atomic E-state index is 0.00720. The van der Waals surface area contributed by atoms with Crippen molar-refractivity contribution in [2.75, 3.05) is 13.1 Å². The second kappa shape index (κ2) is 5.68. The molecule has 1 aromatic heterocycles. The summed E-state index contributed by atoms with van der Waals surface area (Å²) in [6.45, 7) is 1.82. The summed E-state index contributed by atoms with van der Waals surface area (Å²) in [4.78, 5) is 24.3. The normalized spacial score (nSPS) is 20.7. The van der Waals surface area contributed by atoms with Crippen molar-refractivity contribution in [2.24, 2.45) is 0 Å². The average Bonchev–Trinajstić information content (AvgIpc) is 2.81. The minimum atomic E-state index is -0.883. The summed E-state index contributed by atoms with van der Waals surface area (Å²) in [6, 6.07) is 3.26. The second-order valence-electron chi connectivity index (χ2n) is 4.29. The summed E-state index contributed by atoms with van der Waals surface area (Å²) in [6.07, 6.45) is 1.90. The molecule has 1 saturated heterocycles. The van der Waals surface area contributed by atoms with Crippen LogP contribution in [0.25, 0.3) is 0 Å². The lowest BCUT2D eigenvalue weighted by Gasteiger charge is -2.34. The summed E-state index contributed by atoms with van der Waals surface area (Å²) in [7, 11) is 0. The first-order chi connectivity index (χ1) is 8.66. The molecule has 1 unspecified atom stereocenters. The zero-order chi connectivity index (χ0) is 13.0. The van der Waals surface area contributed by atoms with Gasteiger partial charge < -0.3 is 14.8 Å². The van der Waals surface area contributed by atoms with E-state index in [0.29, 0.717) is 26.1 Å². The van der Waals surface area contributed by atoms with E-state index in [1.807, 2.05) is 11.0 Å². The molecule has 0 saturated carbocycles. The second-order valence-corrected chi connectivity index (χ2v) is 4.29. The highest BCUT2D eigenvalue weighted by Crippen LogP contribution is 2.15. The van der Waals surface area contributed by atoms with Crippen LogP contribution in [0.5, 0.6) is 0 Å². The number of furan rings is 1. The highest BCUT2D eigenvalue weighted by Gasteiger charge is 2.30. The van der Waals surface area contributed by atoms with Gasteiger partial charge in [-0.15, -0.1) is 0 Å². The van der Waals surface area contributed by atoms with E-state index in [0.717, 1.165) is 5.76 Å². The molecule has 98 valence electrons. The van der Waals surface area contributed by atoms with Gasteiger partial charge in [-0.3, -0.25) is 14.5 Å². The van der Waals surface area contributed by atoms with Gasteiger partial charge in [-0.05, 0) is 18.6 Å². The molecule has 1 fully saturated rings. The molecular formula is C12H16N2O4. The summed E-state index contributed by atoms with van der Waals surface area (Å²) in [5.74, 6) is -0.203. The van der Waals surface area contributed by atoms with Gasteiger partial charge in [0.1, 0.15) is 5.76 Å². The van der Waals surface area contributed by atoms with Crippen LogP contribution in [0.15, 0.2) is 22.8 Å². The predicted molar refractivity (Wildman–Crippen MR) is 62.8 cm³/mol. The maximum Gasteiger partial charge on any atom is 0.303 e. The Hall–Kier alpha value is -1.82. The van der Waals surface area contributed by atoms with E-state index in [9.17, 15) is 9.59 Å². The first-order valence-electron chi connectivity index (χ1n) is 5.93. The van der Waals surface area contributed by atoms with Gasteiger partial charge in [-0.1, -0.05) is 0 Å². The number of carboxylic acids is 1. The number of aliphatic carboxylic acids is 1. The third-order valence-corrected chi connectivity index (χ3v) is 3.01. The molecule has 1 atom stereocenters. The summed E-state index contributed by atoms with van der Waals surface area (Å²) < 4.78 is 5.26. The number of carboxylic acid groups (broad SMARTS) is 1. The highest BCUT2D eigenvalue weighted by molar-refractivity contribution is 5.83. The third kappa shape index (κ3) is 3.10. The van der Waals surface area contributed by atoms with Crippen LogP contribution >= 0.6 is 0 Å². The molecule has 6 nitrogen and oxygen atoms in total. The molecule has 2 N–H and O–H groups in total. The monoisotopic (exact) mass is 252 g/mol. The number of carbonyl (C=O) groups excluding carboxylic acids is 1. The average molecular weight is 252 g/mol. The predicted octanol–water partition coefficient (Wildman–Crippen LogP) is 0.445. The lowest BCUT2D eigenvalue weighted by molar-refractivity contribution is -0.138. The Balaban J connectivity index is 2.00. The molecule has 1 aliphatic rings. The van der Waals surface area contributed by atoms with Crippen molar-refractivity contribution < 1.29 is 19.1 Å². The lowest BCUT2D eigenvalue weighted by Crippen LogP contribution is -2.54. The van der Waals surface area contributed by atoms with Gasteiger partial charge in [0.05, 0.1) is 18.8 Å². The number of hydrogen-bond donors (Lipinski definition) is 2. The Morgan fingerprint density at radius 1 is 1.61 bits per heavy atom. The van der Waals surface area contributed by atoms with Crippen molar-refractivity contribution in [2.45, 2.75) is 25.4 Å². The number of rotatable bonds is 5. The van der Waals surface area contributed by atoms with Crippen LogP contribution in [0.3, 0.4) is 0 Å². The fourth-order valence-corrected chi connectivity index (χ4v) is 2.13. The van der Waals surface area contributed by atoms with E-state index in [2.05, 4.69) is 5.32 Å². The van der Waals surface area contributed by atoms with Crippen molar-refractivity contribution >= 4 is 11.9 Å². The molecule has 2 heterocycles. The van der Waals surface area contributed by atoms with Gasteiger partial charge in [-0.2, -0.15) is 0 Å². The zero-order valence-corrected chi connectivity index (χ0v) is 9.96. The van der Waals surface area contributed by atoms with Gasteiger partial charge in [-0.25, -0.2) is 0 Å². The van der Waals surface area contributed by atoms with Gasteiger partial charge >= 0.3 is 5.97 Å². The Morgan fingerprint density at radius 3 is 3.11 bits per heavy atom. The molecular weight excluding hydrogens is 236 g/mol. The number of hydrogen-bond acceptors (Lipinski definition) is 4. The molecule has 0 spiro atoms. The number of piperazine rings is 1. The van der Waals surface area contributed by atoms with Crippen LogP contribution in [0.2, 0.25) is 0 Å². The number of nitrogens with one attached hydrogen (secondary N) is 1. The van der Waals surface area contributed by atoms with Gasteiger partial charge in [0.25, 0.3) is 0 Å². The van der Waals surface area contributed by atoms with Crippen LogP contribution in [0.4, 0.5) is 0 Å². The summed E-state index contributed by atoms with van der Waals surface area (Å²) in [5, 5.41) is 11.5. The fourth-order valence-electron chi connectivity index (χ4n) is 2.13. The maximum atomic E-state index is 11.8. The molecule has 0 bridgehead atoms. The van der Waals surface area contributed by atoms with Crippen LogP contribution in [-0.2, 0) is 16.1 Å². The van der Waals surface area contributed by atoms with E-state index >= 15 is 0 Å². The van der Waals surface area contributed by atoms with Crippen LogP contribution < -0.4 is 5.32 Å². The molecule has 6 heteroatoms. The Kier molecular flexibility index (Phi) is 3.99. The maximum absolute atomic E-state index is 11.8. The van der Waals surface area contributed by atoms with Crippen molar-refractivity contribution in [3.8, 4) is 0 Å². The Morgan fingerprint density at radius 2 is 2.44 bits per heavy atom. The summed E-state index contributed by atoms with van der Waals surface area (Å²) >= 11 is 0. The Labute approximate surface area is 105 Å². The number of carbonyl (C=O) groups is 2. The van der Waals surface area contributed by atoms with Crippen LogP contribution in [0.1, 0.15) is 18.6 Å². The van der Waals surface area contributed by atoms with E-state index in [1.54, 1.807) is 12.3 Å². The standard InChI is InChI=1S/C12H16N2O4/c15-11(16)4-3-10-12(17)13-5-6-14(10)8-9-2-1-7-18-9/h1-2,7,10H,3-6,8H2,(H,13,17)(H,15,16). The summed E-state index contributed by atoms with van der Waals surface area (Å²) in [5.41, 5.74) is 0. The van der Waals surface area contributed by atoms with Gasteiger partial charge in [0.15, 0.2) is 0 Å². The van der Waals surface area contributed by atoms with E-state index in [4.69, 9.17) is 9.52 Å². The topological polar surface area (TPSA) is 82.8 Å². The Bertz CT molecular complexity index is 416. The zero-order valence-electron chi connectivity index (χ0n) is 9.96. The highest BCUT2D eigenvalue weighted by atomic mass is 16.4. The molecule has 0 aromatic carbocycles. The van der Waals surface area contributed by atoms with E-state index in [-0.39, 0.29) is 18.4 Å². The molecule has 18 heavy (non-hydrogen) atoms. The molecule has 1 aromatic rings. The molecule has 1 aliphatic heterocycles. The molecule has 2 rings (SSSR count). The quantitative estimate of drug-likeness (QED) is 0.794. The minimum Gasteiger partial charge on any atom is -0.481 e. The van der Waals surface area contributed by atoms with Gasteiger partial charge in [0, 0.05) is 19.5 Å². The SMILES string of the molecule is O=C(O)CCC1C(=O)NCCN1Cc1ccco1. The first kappa shape index (κ1) is 12.6. The van der Waals surface area contributed by atoms with Crippen molar-refractivity contribution in [3.05, 3.63) is 24.2 Å². The van der Waals surface area contributed by atoms with Crippen molar-refractivity contribution in [3.63, 3.8) is 0 Å².